The van der Waals surface area contributed by atoms with Gasteiger partial charge in [-0.25, -0.2) is 0 Å². The lowest BCUT2D eigenvalue weighted by molar-refractivity contribution is -0.114. The summed E-state index contributed by atoms with van der Waals surface area (Å²) in [5.41, 5.74) is 3.03. The van der Waals surface area contributed by atoms with Gasteiger partial charge in [0.15, 0.2) is 5.78 Å². The summed E-state index contributed by atoms with van der Waals surface area (Å²) in [4.78, 5) is 11.7. The van der Waals surface area contributed by atoms with Crippen LogP contribution in [0.2, 0.25) is 0 Å². The van der Waals surface area contributed by atoms with E-state index >= 15 is 0 Å². The van der Waals surface area contributed by atoms with Crippen LogP contribution in [0.4, 0.5) is 0 Å². The van der Waals surface area contributed by atoms with Gasteiger partial charge in [-0.3, -0.25) is 13.9 Å². The molecule has 82 valence electrons. The summed E-state index contributed by atoms with van der Waals surface area (Å²) in [6.45, 7) is 5.34. The average Bonchev–Trinajstić information content (AvgIpc) is 2.22. The maximum atomic E-state index is 11.7. The lowest BCUT2D eigenvalue weighted by Gasteiger charge is -2.03. The molecule has 0 spiro atoms. The molecule has 3 heteroatoms. The molecule has 0 unspecified atom stereocenters. The standard InChI is InChI=1S/C13H12O3/c1-3-4-9(2)11(14)7-10-5-6-12-13(8-10)16-15-12/h3-6,8H,1,7H2,2H3/b9-4+. The molecule has 0 saturated carbocycles. The smallest absolute Gasteiger partial charge is 0.225 e. The maximum absolute atomic E-state index is 11.7. The van der Waals surface area contributed by atoms with E-state index in [1.54, 1.807) is 25.1 Å². The minimum Gasteiger partial charge on any atom is -0.294 e. The fourth-order valence-corrected chi connectivity index (χ4v) is 1.45. The zero-order valence-electron chi connectivity index (χ0n) is 9.03. The zero-order valence-corrected chi connectivity index (χ0v) is 9.03. The number of rotatable bonds is 4. The number of allylic oxidation sites excluding steroid dienone is 3. The number of carbonyl (C=O) groups is 1. The minimum atomic E-state index is 0.0834. The number of hydrogen-bond donors (Lipinski definition) is 0. The number of hydrogen-bond acceptors (Lipinski definition) is 3. The Morgan fingerprint density at radius 3 is 2.69 bits per heavy atom. The van der Waals surface area contributed by atoms with Crippen LogP contribution < -0.4 is 0 Å². The summed E-state index contributed by atoms with van der Waals surface area (Å²) < 4.78 is 9.48. The van der Waals surface area contributed by atoms with Crippen molar-refractivity contribution in [3.63, 3.8) is 0 Å². The largest absolute Gasteiger partial charge is 0.294 e. The highest BCUT2D eigenvalue weighted by Crippen LogP contribution is 2.20. The van der Waals surface area contributed by atoms with Crippen molar-refractivity contribution in [1.29, 1.82) is 0 Å². The predicted octanol–water partition coefficient (Wildman–Crippen LogP) is 3.27. The molecule has 2 rings (SSSR count). The van der Waals surface area contributed by atoms with Crippen molar-refractivity contribution < 1.29 is 13.9 Å². The molecule has 0 N–H and O–H groups in total. The molecule has 1 aromatic heterocycles. The molecule has 0 aliphatic heterocycles. The Morgan fingerprint density at radius 1 is 1.38 bits per heavy atom. The minimum absolute atomic E-state index is 0.0834. The normalized spacial score (nSPS) is 11.9. The first-order valence-electron chi connectivity index (χ1n) is 5.00. The van der Waals surface area contributed by atoms with E-state index in [0.717, 1.165) is 11.1 Å². The SMILES string of the molecule is C=C/C=C(\C)C(=O)Cc1ccc2ooc2c1. The monoisotopic (exact) mass is 216 g/mol. The number of ketones is 1. The molecule has 3 nitrogen and oxygen atoms in total. The van der Waals surface area contributed by atoms with Crippen molar-refractivity contribution in [1.82, 2.24) is 0 Å². The Hall–Kier alpha value is -2.03. The molecular weight excluding hydrogens is 204 g/mol. The van der Waals surface area contributed by atoms with Crippen LogP contribution in [-0.4, -0.2) is 5.78 Å². The van der Waals surface area contributed by atoms with Crippen LogP contribution in [0.25, 0.3) is 11.2 Å². The second-order valence-electron chi connectivity index (χ2n) is 3.63. The van der Waals surface area contributed by atoms with Gasteiger partial charge in [0.2, 0.25) is 11.2 Å². The van der Waals surface area contributed by atoms with Crippen molar-refractivity contribution in [2.24, 2.45) is 0 Å². The Bertz CT molecular complexity index is 554. The summed E-state index contributed by atoms with van der Waals surface area (Å²) in [6, 6.07) is 5.48. The van der Waals surface area contributed by atoms with E-state index in [9.17, 15) is 4.79 Å². The van der Waals surface area contributed by atoms with Crippen LogP contribution in [-0.2, 0) is 11.2 Å². The van der Waals surface area contributed by atoms with Gasteiger partial charge in [0.1, 0.15) is 0 Å². The van der Waals surface area contributed by atoms with Crippen LogP contribution in [0.15, 0.2) is 51.7 Å². The lowest BCUT2D eigenvalue weighted by Crippen LogP contribution is -2.03. The Kier molecular flexibility index (Phi) is 2.77. The molecule has 16 heavy (non-hydrogen) atoms. The van der Waals surface area contributed by atoms with Gasteiger partial charge < -0.3 is 0 Å². The van der Waals surface area contributed by atoms with E-state index < -0.39 is 0 Å². The summed E-state index contributed by atoms with van der Waals surface area (Å²) in [5, 5.41) is 0. The molecular formula is C13H12O3. The zero-order chi connectivity index (χ0) is 11.5. The molecule has 0 atom stereocenters. The molecule has 0 amide bonds. The lowest BCUT2D eigenvalue weighted by atomic mass is 10.0. The highest BCUT2D eigenvalue weighted by Gasteiger charge is 2.09. The molecule has 0 saturated heterocycles. The van der Waals surface area contributed by atoms with E-state index in [1.807, 2.05) is 12.1 Å². The van der Waals surface area contributed by atoms with Gasteiger partial charge in [0, 0.05) is 6.42 Å². The topological polar surface area (TPSA) is 43.4 Å². The van der Waals surface area contributed by atoms with Crippen molar-refractivity contribution in [2.45, 2.75) is 13.3 Å². The third kappa shape index (κ3) is 1.98. The Labute approximate surface area is 93.0 Å². The van der Waals surface area contributed by atoms with E-state index in [4.69, 9.17) is 9.15 Å². The quantitative estimate of drug-likeness (QED) is 0.447. The summed E-state index contributed by atoms with van der Waals surface area (Å²) in [6.07, 6.45) is 3.69. The van der Waals surface area contributed by atoms with Gasteiger partial charge in [0.05, 0.1) is 0 Å². The van der Waals surface area contributed by atoms with Gasteiger partial charge in [-0.05, 0) is 30.2 Å². The number of Topliss-reactive ketones (excluding diaryl/α,β-unsaturated/α-hetero) is 1. The molecule has 1 heterocycles. The Morgan fingerprint density at radius 2 is 2.12 bits per heavy atom. The highest BCUT2D eigenvalue weighted by molar-refractivity contribution is 5.96. The first-order chi connectivity index (χ1) is 7.70. The van der Waals surface area contributed by atoms with Crippen molar-refractivity contribution in [2.75, 3.05) is 0 Å². The third-order valence-electron chi connectivity index (χ3n) is 2.40. The van der Waals surface area contributed by atoms with Crippen LogP contribution in [0, 0.1) is 0 Å². The van der Waals surface area contributed by atoms with E-state index in [-0.39, 0.29) is 5.78 Å². The van der Waals surface area contributed by atoms with Gasteiger partial charge in [0.25, 0.3) is 0 Å². The van der Waals surface area contributed by atoms with Gasteiger partial charge in [-0.1, -0.05) is 24.8 Å². The van der Waals surface area contributed by atoms with Crippen LogP contribution in [0.1, 0.15) is 12.5 Å². The maximum Gasteiger partial charge on any atom is 0.225 e. The number of fused-ring (bicyclic) bond motifs is 1. The summed E-state index contributed by atoms with van der Waals surface area (Å²) in [5.74, 6) is 0.0834. The molecule has 1 aromatic carbocycles. The first-order valence-corrected chi connectivity index (χ1v) is 5.00. The molecule has 0 radical (unpaired) electrons. The average molecular weight is 216 g/mol. The van der Waals surface area contributed by atoms with E-state index in [1.165, 1.54) is 0 Å². The fourth-order valence-electron chi connectivity index (χ4n) is 1.45. The number of benzene rings is 1. The summed E-state index contributed by atoms with van der Waals surface area (Å²) >= 11 is 0. The Balaban J connectivity index is 2.14. The summed E-state index contributed by atoms with van der Waals surface area (Å²) in [7, 11) is 0. The van der Waals surface area contributed by atoms with Crippen molar-refractivity contribution in [3.05, 3.63) is 48.1 Å². The molecule has 0 aliphatic carbocycles. The molecule has 0 aliphatic rings. The van der Waals surface area contributed by atoms with Gasteiger partial charge in [-0.15, -0.1) is 0 Å². The highest BCUT2D eigenvalue weighted by atomic mass is 17.0. The van der Waals surface area contributed by atoms with E-state index in [2.05, 4.69) is 6.58 Å². The molecule has 0 fully saturated rings. The van der Waals surface area contributed by atoms with Crippen LogP contribution in [0.3, 0.4) is 0 Å². The van der Waals surface area contributed by atoms with Gasteiger partial charge in [-0.2, -0.15) is 0 Å². The first kappa shape index (κ1) is 10.5. The van der Waals surface area contributed by atoms with Gasteiger partial charge >= 0.3 is 0 Å². The number of carbonyl (C=O) groups excluding carboxylic acids is 1. The van der Waals surface area contributed by atoms with Crippen LogP contribution >= 0.6 is 0 Å². The van der Waals surface area contributed by atoms with E-state index in [0.29, 0.717) is 17.6 Å². The van der Waals surface area contributed by atoms with Crippen LogP contribution in [0.5, 0.6) is 0 Å². The predicted molar refractivity (Wildman–Crippen MR) is 61.1 cm³/mol. The second-order valence-corrected chi connectivity index (χ2v) is 3.63. The second kappa shape index (κ2) is 4.23. The third-order valence-corrected chi connectivity index (χ3v) is 2.40. The fraction of sp³-hybridized carbons (Fsp3) is 0.154. The molecule has 0 bridgehead atoms. The van der Waals surface area contributed by atoms with Crippen molar-refractivity contribution in [3.8, 4) is 0 Å². The van der Waals surface area contributed by atoms with Crippen molar-refractivity contribution >= 4 is 16.9 Å². The molecule has 2 aromatic rings.